The Morgan fingerprint density at radius 1 is 0.824 bits per heavy atom. The average molecular weight is 501 g/mol. The first-order valence-corrected chi connectivity index (χ1v) is 21.4. The number of fused-ring (bicyclic) bond motifs is 6. The van der Waals surface area contributed by atoms with Gasteiger partial charge in [-0.25, -0.2) is 0 Å². The largest absolute Gasteiger partial charge is 0.413 e. The second kappa shape index (κ2) is 8.06. The summed E-state index contributed by atoms with van der Waals surface area (Å²) < 4.78 is 7.18. The molecule has 0 amide bonds. The minimum atomic E-state index is -1.72. The van der Waals surface area contributed by atoms with Gasteiger partial charge in [-0.2, -0.15) is 0 Å². The third-order valence-electron chi connectivity index (χ3n) is 12.9. The number of hydrogen-bond acceptors (Lipinski definition) is 1. The van der Waals surface area contributed by atoms with E-state index in [9.17, 15) is 0 Å². The smallest absolute Gasteiger partial charge is 0.192 e. The number of rotatable bonds is 3. The molecule has 5 aliphatic carbocycles. The lowest BCUT2D eigenvalue weighted by atomic mass is 9.44. The van der Waals surface area contributed by atoms with E-state index in [2.05, 4.69) is 67.4 Å². The molecule has 1 nitrogen and oxygen atoms in total. The fraction of sp³-hybridized carbons (Fsp3) is 0.935. The average Bonchev–Trinajstić information content (AvgIpc) is 3.25. The lowest BCUT2D eigenvalue weighted by Gasteiger charge is -2.61. The zero-order valence-corrected chi connectivity index (χ0v) is 26.4. The maximum atomic E-state index is 7.18. The fourth-order valence-electron chi connectivity index (χ4n) is 9.93. The summed E-state index contributed by atoms with van der Waals surface area (Å²) in [6, 6.07) is 0. The molecule has 0 N–H and O–H groups in total. The van der Waals surface area contributed by atoms with Crippen molar-refractivity contribution in [3.63, 3.8) is 0 Å². The maximum Gasteiger partial charge on any atom is 0.192 e. The molecule has 0 radical (unpaired) electrons. The Labute approximate surface area is 214 Å². The lowest BCUT2D eigenvalue weighted by Crippen LogP contribution is -2.55. The number of allylic oxidation sites excluding steroid dienone is 2. The van der Waals surface area contributed by atoms with Gasteiger partial charge in [-0.3, -0.25) is 0 Å². The van der Waals surface area contributed by atoms with Crippen molar-refractivity contribution >= 4 is 16.4 Å². The summed E-state index contributed by atoms with van der Waals surface area (Å²) in [6.45, 7) is 25.4. The maximum absolute atomic E-state index is 7.18. The Kier molecular flexibility index (Phi) is 6.11. The molecule has 0 bridgehead atoms. The second-order valence-corrected chi connectivity index (χ2v) is 26.4. The van der Waals surface area contributed by atoms with Crippen LogP contribution in [0.1, 0.15) is 98.8 Å². The molecule has 0 saturated heterocycles. The van der Waals surface area contributed by atoms with Crippen molar-refractivity contribution in [1.82, 2.24) is 0 Å². The summed E-state index contributed by atoms with van der Waals surface area (Å²) in [5, 5.41) is 2.30. The summed E-state index contributed by atoms with van der Waals surface area (Å²) in [5.41, 5.74) is 3.02. The Bertz CT molecular complexity index is 844. The molecule has 34 heavy (non-hydrogen) atoms. The molecule has 0 spiro atoms. The van der Waals surface area contributed by atoms with Crippen molar-refractivity contribution in [3.05, 3.63) is 10.8 Å². The van der Waals surface area contributed by atoms with E-state index >= 15 is 0 Å². The van der Waals surface area contributed by atoms with Crippen LogP contribution in [-0.2, 0) is 4.43 Å². The highest BCUT2D eigenvalue weighted by atomic mass is 28.4. The van der Waals surface area contributed by atoms with E-state index in [0.717, 1.165) is 29.6 Å². The van der Waals surface area contributed by atoms with Crippen molar-refractivity contribution in [2.24, 2.45) is 40.4 Å². The summed E-state index contributed by atoms with van der Waals surface area (Å²) in [7, 11) is -2.87. The predicted molar refractivity (Wildman–Crippen MR) is 152 cm³/mol. The Hall–Kier alpha value is 0.134. The van der Waals surface area contributed by atoms with Gasteiger partial charge in [0.2, 0.25) is 0 Å². The third kappa shape index (κ3) is 3.83. The first-order valence-electron chi connectivity index (χ1n) is 15.0. The minimum absolute atomic E-state index is 0.313. The predicted octanol–water partition coefficient (Wildman–Crippen LogP) is 9.61. The van der Waals surface area contributed by atoms with E-state index in [0.29, 0.717) is 22.0 Å². The first-order chi connectivity index (χ1) is 15.6. The zero-order chi connectivity index (χ0) is 24.9. The molecule has 0 aromatic rings. The van der Waals surface area contributed by atoms with E-state index in [1.165, 1.54) is 64.2 Å². The monoisotopic (exact) mass is 500 g/mol. The van der Waals surface area contributed by atoms with Gasteiger partial charge in [0.15, 0.2) is 8.32 Å². The van der Waals surface area contributed by atoms with Crippen LogP contribution < -0.4 is 0 Å². The molecule has 3 heteroatoms. The molecule has 194 valence electrons. The zero-order valence-electron chi connectivity index (χ0n) is 24.4. The molecule has 4 saturated carbocycles. The SMILES string of the molecule is CC(C)(C)[Si](C)(C)O[C@H]1CC[C@@H]2[C@@H]3CC[C@@H]4CC5=C([Si](C)(C)C)CC[C@H]5C[C@]4(C)[C@@H]3CC[C@]12C. The van der Waals surface area contributed by atoms with Gasteiger partial charge in [-0.15, -0.1) is 0 Å². The van der Waals surface area contributed by atoms with Crippen LogP contribution in [0.3, 0.4) is 0 Å². The summed E-state index contributed by atoms with van der Waals surface area (Å²) in [4.78, 5) is 0. The van der Waals surface area contributed by atoms with Gasteiger partial charge in [-0.1, -0.05) is 65.0 Å². The molecule has 0 heterocycles. The van der Waals surface area contributed by atoms with Crippen LogP contribution in [0.5, 0.6) is 0 Å². The van der Waals surface area contributed by atoms with Crippen molar-refractivity contribution in [2.75, 3.05) is 0 Å². The second-order valence-electron chi connectivity index (χ2n) is 16.5. The topological polar surface area (TPSA) is 9.23 Å². The molecule has 5 rings (SSSR count). The van der Waals surface area contributed by atoms with Crippen LogP contribution in [0, 0.1) is 40.4 Å². The summed E-state index contributed by atoms with van der Waals surface area (Å²) >= 11 is 0. The third-order valence-corrected chi connectivity index (χ3v) is 19.8. The molecule has 8 atom stereocenters. The molecular weight excluding hydrogens is 445 g/mol. The van der Waals surface area contributed by atoms with Crippen LogP contribution >= 0.6 is 0 Å². The fourth-order valence-corrected chi connectivity index (χ4v) is 13.5. The first kappa shape index (κ1) is 25.8. The molecule has 0 unspecified atom stereocenters. The highest BCUT2D eigenvalue weighted by Crippen LogP contribution is 2.69. The number of hydrogen-bond donors (Lipinski definition) is 0. The van der Waals surface area contributed by atoms with E-state index < -0.39 is 16.4 Å². The normalized spacial score (nSPS) is 45.0. The van der Waals surface area contributed by atoms with Gasteiger partial charge in [0, 0.05) is 0 Å². The van der Waals surface area contributed by atoms with Crippen molar-refractivity contribution in [1.29, 1.82) is 0 Å². The Morgan fingerprint density at radius 3 is 2.15 bits per heavy atom. The van der Waals surface area contributed by atoms with Gasteiger partial charge in [0.05, 0.1) is 14.2 Å². The standard InChI is InChI=1S/C31H56OSi2/c1-29(2,3)34(9,10)32-28-16-14-25-23-13-12-22-19-24-21(11-15-27(24)33(6,7)8)20-31(22,5)26(23)17-18-30(25,28)4/h21-23,25-26,28H,11-20H2,1-10H3/t21-,22+,23-,25+,26+,28-,30-,31-/m0/s1. The van der Waals surface area contributed by atoms with Gasteiger partial charge in [0.1, 0.15) is 0 Å². The van der Waals surface area contributed by atoms with Crippen LogP contribution in [0.25, 0.3) is 0 Å². The summed E-state index contributed by atoms with van der Waals surface area (Å²) in [5.74, 6) is 4.77. The highest BCUT2D eigenvalue weighted by Gasteiger charge is 2.62. The molecule has 0 aromatic heterocycles. The molecule has 4 fully saturated rings. The molecule has 0 aromatic carbocycles. The molecule has 0 aliphatic heterocycles. The Morgan fingerprint density at radius 2 is 1.50 bits per heavy atom. The van der Waals surface area contributed by atoms with Gasteiger partial charge < -0.3 is 4.43 Å². The Balaban J connectivity index is 1.37. The van der Waals surface area contributed by atoms with Crippen LogP contribution in [0.4, 0.5) is 0 Å². The van der Waals surface area contributed by atoms with Crippen molar-refractivity contribution in [2.45, 2.75) is 143 Å². The van der Waals surface area contributed by atoms with Crippen molar-refractivity contribution < 1.29 is 4.43 Å². The molecule has 5 aliphatic rings. The quantitative estimate of drug-likeness (QED) is 0.350. The highest BCUT2D eigenvalue weighted by molar-refractivity contribution is 6.83. The van der Waals surface area contributed by atoms with Gasteiger partial charge >= 0.3 is 0 Å². The van der Waals surface area contributed by atoms with Crippen LogP contribution in [0.2, 0.25) is 37.8 Å². The van der Waals surface area contributed by atoms with Crippen molar-refractivity contribution in [3.8, 4) is 0 Å². The van der Waals surface area contributed by atoms with E-state index in [1.807, 2.05) is 10.8 Å². The molecular formula is C31H56OSi2. The van der Waals surface area contributed by atoms with E-state index in [4.69, 9.17) is 4.43 Å². The van der Waals surface area contributed by atoms with Crippen LogP contribution in [0.15, 0.2) is 10.8 Å². The van der Waals surface area contributed by atoms with Crippen LogP contribution in [-0.4, -0.2) is 22.5 Å². The van der Waals surface area contributed by atoms with Gasteiger partial charge in [-0.05, 0) is 123 Å². The van der Waals surface area contributed by atoms with E-state index in [1.54, 1.807) is 0 Å². The summed E-state index contributed by atoms with van der Waals surface area (Å²) in [6.07, 6.45) is 15.1. The lowest BCUT2D eigenvalue weighted by molar-refractivity contribution is -0.119. The van der Waals surface area contributed by atoms with Gasteiger partial charge in [0.25, 0.3) is 0 Å². The van der Waals surface area contributed by atoms with E-state index in [-0.39, 0.29) is 0 Å². The minimum Gasteiger partial charge on any atom is -0.413 e.